The molecule has 1 aromatic rings. The van der Waals surface area contributed by atoms with Crippen LogP contribution in [0.4, 0.5) is 5.69 Å². The Balaban J connectivity index is 1.50. The highest BCUT2D eigenvalue weighted by Crippen LogP contribution is 2.32. The molecule has 0 bridgehead atoms. The van der Waals surface area contributed by atoms with Gasteiger partial charge < -0.3 is 10.1 Å². The molecule has 1 aromatic carbocycles. The van der Waals surface area contributed by atoms with Crippen molar-refractivity contribution in [3.8, 4) is 0 Å². The molecule has 1 fully saturated rings. The summed E-state index contributed by atoms with van der Waals surface area (Å²) in [5.41, 5.74) is 1.92. The Labute approximate surface area is 142 Å². The molecule has 2 amide bonds. The Morgan fingerprint density at radius 1 is 1.25 bits per heavy atom. The summed E-state index contributed by atoms with van der Waals surface area (Å²) in [7, 11) is 0. The van der Waals surface area contributed by atoms with Crippen molar-refractivity contribution in [2.75, 3.05) is 44.3 Å². The van der Waals surface area contributed by atoms with Gasteiger partial charge in [-0.3, -0.25) is 19.4 Å². The molecule has 1 N–H and O–H groups in total. The molecule has 130 valence electrons. The Morgan fingerprint density at radius 2 is 2.00 bits per heavy atom. The minimum absolute atomic E-state index is 0.0663. The van der Waals surface area contributed by atoms with Crippen molar-refractivity contribution in [1.29, 1.82) is 0 Å². The van der Waals surface area contributed by atoms with Crippen molar-refractivity contribution < 1.29 is 14.3 Å². The van der Waals surface area contributed by atoms with E-state index in [1.807, 2.05) is 24.3 Å². The molecule has 1 unspecified atom stereocenters. The van der Waals surface area contributed by atoms with Crippen LogP contribution in [0.1, 0.15) is 18.9 Å². The van der Waals surface area contributed by atoms with Gasteiger partial charge in [-0.25, -0.2) is 0 Å². The number of morpholine rings is 1. The third-order valence-corrected chi connectivity index (χ3v) is 4.67. The van der Waals surface area contributed by atoms with Crippen LogP contribution < -0.4 is 10.2 Å². The Kier molecular flexibility index (Phi) is 5.48. The number of hydrogen-bond acceptors (Lipinski definition) is 4. The van der Waals surface area contributed by atoms with Crippen LogP contribution in [-0.2, 0) is 20.7 Å². The van der Waals surface area contributed by atoms with Gasteiger partial charge in [-0.05, 0) is 24.6 Å². The first kappa shape index (κ1) is 16.9. The average Bonchev–Trinajstić information content (AvgIpc) is 2.99. The van der Waals surface area contributed by atoms with Crippen LogP contribution in [0.25, 0.3) is 0 Å². The Morgan fingerprint density at radius 3 is 2.75 bits per heavy atom. The minimum atomic E-state index is -0.428. The molecule has 2 aliphatic rings. The highest BCUT2D eigenvalue weighted by Gasteiger charge is 2.36. The summed E-state index contributed by atoms with van der Waals surface area (Å²) >= 11 is 0. The van der Waals surface area contributed by atoms with Gasteiger partial charge in [0, 0.05) is 38.7 Å². The summed E-state index contributed by atoms with van der Waals surface area (Å²) in [6.45, 7) is 6.62. The molecule has 2 aliphatic heterocycles. The van der Waals surface area contributed by atoms with Crippen LogP contribution in [0.3, 0.4) is 0 Å². The van der Waals surface area contributed by atoms with Crippen molar-refractivity contribution in [2.45, 2.75) is 25.8 Å². The number of benzene rings is 1. The molecular formula is C18H25N3O3. The van der Waals surface area contributed by atoms with E-state index in [-0.39, 0.29) is 11.8 Å². The number of hydrogen-bond donors (Lipinski definition) is 1. The normalized spacial score (nSPS) is 20.7. The molecule has 0 aromatic heterocycles. The summed E-state index contributed by atoms with van der Waals surface area (Å²) in [6, 6.07) is 7.31. The fourth-order valence-electron chi connectivity index (χ4n) is 3.44. The highest BCUT2D eigenvalue weighted by molar-refractivity contribution is 6.02. The van der Waals surface area contributed by atoms with Crippen molar-refractivity contribution in [3.63, 3.8) is 0 Å². The second kappa shape index (κ2) is 7.77. The number of rotatable bonds is 5. The van der Waals surface area contributed by atoms with E-state index in [1.165, 1.54) is 6.92 Å². The molecule has 6 nitrogen and oxygen atoms in total. The van der Waals surface area contributed by atoms with Gasteiger partial charge in [0.25, 0.3) is 0 Å². The molecule has 0 saturated carbocycles. The lowest BCUT2D eigenvalue weighted by Gasteiger charge is -2.27. The van der Waals surface area contributed by atoms with Gasteiger partial charge in [-0.15, -0.1) is 0 Å². The maximum absolute atomic E-state index is 12.5. The average molecular weight is 331 g/mol. The summed E-state index contributed by atoms with van der Waals surface area (Å²) in [6.07, 6.45) is 1.50. The third-order valence-electron chi connectivity index (χ3n) is 4.67. The third kappa shape index (κ3) is 3.76. The summed E-state index contributed by atoms with van der Waals surface area (Å²) in [5.74, 6) is -0.156. The highest BCUT2D eigenvalue weighted by atomic mass is 16.5. The number of carbonyl (C=O) groups is 2. The van der Waals surface area contributed by atoms with E-state index in [1.54, 1.807) is 4.90 Å². The van der Waals surface area contributed by atoms with E-state index in [2.05, 4.69) is 10.2 Å². The minimum Gasteiger partial charge on any atom is -0.379 e. The van der Waals surface area contributed by atoms with E-state index in [4.69, 9.17) is 4.74 Å². The van der Waals surface area contributed by atoms with Crippen LogP contribution in [0.15, 0.2) is 24.3 Å². The van der Waals surface area contributed by atoms with Crippen molar-refractivity contribution in [3.05, 3.63) is 29.8 Å². The van der Waals surface area contributed by atoms with Crippen LogP contribution in [0.2, 0.25) is 0 Å². The zero-order valence-corrected chi connectivity index (χ0v) is 14.2. The number of amides is 2. The van der Waals surface area contributed by atoms with Gasteiger partial charge in [-0.2, -0.15) is 0 Å². The topological polar surface area (TPSA) is 61.9 Å². The van der Waals surface area contributed by atoms with E-state index in [0.29, 0.717) is 13.0 Å². The van der Waals surface area contributed by atoms with E-state index < -0.39 is 6.04 Å². The van der Waals surface area contributed by atoms with Gasteiger partial charge >= 0.3 is 0 Å². The monoisotopic (exact) mass is 331 g/mol. The molecule has 3 rings (SSSR count). The van der Waals surface area contributed by atoms with Crippen LogP contribution in [0, 0.1) is 0 Å². The molecule has 6 heteroatoms. The maximum atomic E-state index is 12.5. The van der Waals surface area contributed by atoms with Crippen molar-refractivity contribution >= 4 is 17.5 Å². The first-order valence-electron chi connectivity index (χ1n) is 8.62. The van der Waals surface area contributed by atoms with E-state index in [9.17, 15) is 9.59 Å². The standard InChI is InChI=1S/C18H25N3O3/c1-14(22)21-16-6-3-2-5-15(16)13-17(21)18(23)19-7-4-8-20-9-11-24-12-10-20/h2-3,5-6,17H,4,7-13H2,1H3,(H,19,23). The second-order valence-electron chi connectivity index (χ2n) is 6.34. The molecule has 1 saturated heterocycles. The number of nitrogens with zero attached hydrogens (tertiary/aromatic N) is 2. The fraction of sp³-hybridized carbons (Fsp3) is 0.556. The van der Waals surface area contributed by atoms with Crippen LogP contribution in [-0.4, -0.2) is 62.1 Å². The van der Waals surface area contributed by atoms with Gasteiger partial charge in [-0.1, -0.05) is 18.2 Å². The molecule has 2 heterocycles. The first-order chi connectivity index (χ1) is 11.7. The predicted octanol–water partition coefficient (Wildman–Crippen LogP) is 0.803. The number of carbonyl (C=O) groups excluding carboxylic acids is 2. The Hall–Kier alpha value is -1.92. The molecule has 0 spiro atoms. The fourth-order valence-corrected chi connectivity index (χ4v) is 3.44. The van der Waals surface area contributed by atoms with Gasteiger partial charge in [0.15, 0.2) is 0 Å². The quantitative estimate of drug-likeness (QED) is 0.811. The van der Waals surface area contributed by atoms with Crippen molar-refractivity contribution in [2.24, 2.45) is 0 Å². The first-order valence-corrected chi connectivity index (χ1v) is 8.62. The second-order valence-corrected chi connectivity index (χ2v) is 6.34. The van der Waals surface area contributed by atoms with Crippen molar-refractivity contribution in [1.82, 2.24) is 10.2 Å². The van der Waals surface area contributed by atoms with Gasteiger partial charge in [0.2, 0.25) is 11.8 Å². The largest absolute Gasteiger partial charge is 0.379 e. The van der Waals surface area contributed by atoms with E-state index >= 15 is 0 Å². The number of para-hydroxylation sites is 1. The number of anilines is 1. The lowest BCUT2D eigenvalue weighted by atomic mass is 10.1. The van der Waals surface area contributed by atoms with Gasteiger partial charge in [0.1, 0.15) is 6.04 Å². The smallest absolute Gasteiger partial charge is 0.243 e. The zero-order chi connectivity index (χ0) is 16.9. The molecule has 0 radical (unpaired) electrons. The van der Waals surface area contributed by atoms with Gasteiger partial charge in [0.05, 0.1) is 13.2 Å². The number of fused-ring (bicyclic) bond motifs is 1. The summed E-state index contributed by atoms with van der Waals surface area (Å²) < 4.78 is 5.33. The summed E-state index contributed by atoms with van der Waals surface area (Å²) in [4.78, 5) is 28.5. The predicted molar refractivity (Wildman–Crippen MR) is 92.0 cm³/mol. The molecule has 24 heavy (non-hydrogen) atoms. The lowest BCUT2D eigenvalue weighted by molar-refractivity contribution is -0.125. The van der Waals surface area contributed by atoms with Crippen LogP contribution in [0.5, 0.6) is 0 Å². The number of ether oxygens (including phenoxy) is 1. The zero-order valence-electron chi connectivity index (χ0n) is 14.2. The lowest BCUT2D eigenvalue weighted by Crippen LogP contribution is -2.48. The SMILES string of the molecule is CC(=O)N1c2ccccc2CC1C(=O)NCCCN1CCOCC1. The Bertz CT molecular complexity index is 599. The number of nitrogens with one attached hydrogen (secondary N) is 1. The molecule has 1 atom stereocenters. The maximum Gasteiger partial charge on any atom is 0.243 e. The van der Waals surface area contributed by atoms with Crippen LogP contribution >= 0.6 is 0 Å². The molecular weight excluding hydrogens is 306 g/mol. The van der Waals surface area contributed by atoms with E-state index in [0.717, 1.165) is 50.5 Å². The summed E-state index contributed by atoms with van der Waals surface area (Å²) in [5, 5.41) is 2.99. The molecule has 0 aliphatic carbocycles.